The normalized spacial score (nSPS) is 17.2. The van der Waals surface area contributed by atoms with Gasteiger partial charge in [0, 0.05) is 37.2 Å². The van der Waals surface area contributed by atoms with Crippen LogP contribution in [0.5, 0.6) is 0 Å². The lowest BCUT2D eigenvalue weighted by molar-refractivity contribution is 0.0980. The van der Waals surface area contributed by atoms with Crippen LogP contribution in [-0.4, -0.2) is 41.8 Å². The number of anilines is 1. The fourth-order valence-electron chi connectivity index (χ4n) is 5.24. The molecule has 5 heterocycles. The molecule has 170 valence electrons. The quantitative estimate of drug-likeness (QED) is 0.471. The van der Waals surface area contributed by atoms with Gasteiger partial charge in [0.2, 0.25) is 0 Å². The number of carbonyl (C=O) groups is 1. The molecule has 8 heteroatoms. The predicted molar refractivity (Wildman–Crippen MR) is 127 cm³/mol. The van der Waals surface area contributed by atoms with Crippen LogP contribution in [0.4, 0.5) is 5.82 Å². The van der Waals surface area contributed by atoms with Gasteiger partial charge in [-0.15, -0.1) is 10.2 Å². The number of amides is 1. The number of carbonyl (C=O) groups excluding carboxylic acids is 1. The maximum atomic E-state index is 13.6. The molecule has 0 N–H and O–H groups in total. The van der Waals surface area contributed by atoms with Crippen molar-refractivity contribution in [3.8, 4) is 17.2 Å². The first-order valence-electron chi connectivity index (χ1n) is 12.0. The lowest BCUT2D eigenvalue weighted by Crippen LogP contribution is -2.38. The van der Waals surface area contributed by atoms with E-state index in [-0.39, 0.29) is 5.91 Å². The molecule has 1 amide bonds. The fraction of sp³-hybridized carbons (Fsp3) is 0.346. The highest BCUT2D eigenvalue weighted by Crippen LogP contribution is 2.39. The summed E-state index contributed by atoms with van der Waals surface area (Å²) in [5, 5.41) is 8.67. The molecule has 3 aliphatic rings. The molecule has 3 aromatic heterocycles. The summed E-state index contributed by atoms with van der Waals surface area (Å²) in [6, 6.07) is 9.97. The van der Waals surface area contributed by atoms with Crippen molar-refractivity contribution in [2.24, 2.45) is 0 Å². The molecular formula is C26H25N7O. The molecule has 0 saturated heterocycles. The van der Waals surface area contributed by atoms with Crippen LogP contribution >= 0.6 is 0 Å². The minimum Gasteiger partial charge on any atom is -0.310 e. The Morgan fingerprint density at radius 1 is 1.06 bits per heavy atom. The van der Waals surface area contributed by atoms with Gasteiger partial charge >= 0.3 is 0 Å². The average Bonchev–Trinajstić information content (AvgIpc) is 3.22. The Kier molecular flexibility index (Phi) is 4.24. The molecule has 0 unspecified atom stereocenters. The Morgan fingerprint density at radius 3 is 2.85 bits per heavy atom. The smallest absolute Gasteiger partial charge is 0.259 e. The molecular weight excluding hydrogens is 426 g/mol. The van der Waals surface area contributed by atoms with Crippen molar-refractivity contribution in [1.29, 1.82) is 0 Å². The zero-order chi connectivity index (χ0) is 22.8. The van der Waals surface area contributed by atoms with Crippen molar-refractivity contribution >= 4 is 11.7 Å². The van der Waals surface area contributed by atoms with Gasteiger partial charge in [-0.25, -0.2) is 9.97 Å². The highest BCUT2D eigenvalue weighted by atomic mass is 16.2. The summed E-state index contributed by atoms with van der Waals surface area (Å²) in [6.07, 6.45) is 9.25. The van der Waals surface area contributed by atoms with E-state index in [0.29, 0.717) is 18.3 Å². The maximum absolute atomic E-state index is 13.6. The third kappa shape index (κ3) is 3.09. The summed E-state index contributed by atoms with van der Waals surface area (Å²) in [5.41, 5.74) is 5.90. The molecule has 4 aromatic rings. The van der Waals surface area contributed by atoms with E-state index < -0.39 is 0 Å². The van der Waals surface area contributed by atoms with Crippen LogP contribution in [-0.2, 0) is 19.4 Å². The molecule has 0 spiro atoms. The topological polar surface area (TPSA) is 81.7 Å². The van der Waals surface area contributed by atoms with Crippen LogP contribution < -0.4 is 4.90 Å². The van der Waals surface area contributed by atoms with E-state index >= 15 is 0 Å². The molecule has 8 nitrogen and oxygen atoms in total. The number of pyridine rings is 1. The summed E-state index contributed by atoms with van der Waals surface area (Å²) in [4.78, 5) is 24.9. The van der Waals surface area contributed by atoms with Gasteiger partial charge in [-0.3, -0.25) is 9.69 Å². The molecule has 0 atom stereocenters. The van der Waals surface area contributed by atoms with E-state index in [2.05, 4.69) is 43.5 Å². The zero-order valence-electron chi connectivity index (χ0n) is 19.1. The first-order valence-corrected chi connectivity index (χ1v) is 12.0. The van der Waals surface area contributed by atoms with Crippen molar-refractivity contribution < 1.29 is 4.79 Å². The van der Waals surface area contributed by atoms with E-state index in [1.165, 1.54) is 12.8 Å². The Balaban J connectivity index is 1.23. The van der Waals surface area contributed by atoms with Gasteiger partial charge in [0.05, 0.1) is 17.7 Å². The van der Waals surface area contributed by atoms with Crippen LogP contribution in [0.15, 0.2) is 42.9 Å². The molecule has 7 rings (SSSR count). The van der Waals surface area contributed by atoms with Gasteiger partial charge in [0.15, 0.2) is 5.82 Å². The maximum Gasteiger partial charge on any atom is 0.259 e. The van der Waals surface area contributed by atoms with Crippen molar-refractivity contribution in [2.45, 2.75) is 51.5 Å². The van der Waals surface area contributed by atoms with Crippen molar-refractivity contribution in [3.05, 3.63) is 71.1 Å². The monoisotopic (exact) mass is 451 g/mol. The van der Waals surface area contributed by atoms with Gasteiger partial charge in [0.25, 0.3) is 5.91 Å². The summed E-state index contributed by atoms with van der Waals surface area (Å²) < 4.78 is 4.19. The van der Waals surface area contributed by atoms with Crippen LogP contribution in [0.1, 0.15) is 58.2 Å². The van der Waals surface area contributed by atoms with E-state index in [1.54, 1.807) is 4.90 Å². The number of benzene rings is 1. The highest BCUT2D eigenvalue weighted by Gasteiger charge is 2.29. The van der Waals surface area contributed by atoms with Gasteiger partial charge in [-0.05, 0) is 61.9 Å². The predicted octanol–water partition coefficient (Wildman–Crippen LogP) is 3.86. The van der Waals surface area contributed by atoms with E-state index in [0.717, 1.165) is 71.2 Å². The lowest BCUT2D eigenvalue weighted by atomic mass is 9.95. The van der Waals surface area contributed by atoms with Gasteiger partial charge in [0.1, 0.15) is 17.3 Å². The molecule has 0 radical (unpaired) electrons. The standard InChI is InChI=1S/C26H25N7O/c1-16-12-18-9-11-33(23-5-2-4-20(28-23)25-30-29-24-6-3-10-32(24)25)26(34)19(18)13-22(16)31-14-21(27-15-31)17-7-8-17/h2,4-5,12-15,17H,3,6-11H2,1H3. The second-order valence-corrected chi connectivity index (χ2v) is 9.56. The molecule has 0 bridgehead atoms. The Hall–Kier alpha value is -3.81. The zero-order valence-corrected chi connectivity index (χ0v) is 19.1. The highest BCUT2D eigenvalue weighted by molar-refractivity contribution is 6.08. The Bertz CT molecular complexity index is 1450. The second kappa shape index (κ2) is 7.35. The van der Waals surface area contributed by atoms with Crippen LogP contribution in [0.3, 0.4) is 0 Å². The first kappa shape index (κ1) is 19.6. The molecule has 1 fully saturated rings. The lowest BCUT2D eigenvalue weighted by Gasteiger charge is -2.29. The minimum atomic E-state index is -0.0128. The fourth-order valence-corrected chi connectivity index (χ4v) is 5.24. The second-order valence-electron chi connectivity index (χ2n) is 9.56. The van der Waals surface area contributed by atoms with E-state index in [4.69, 9.17) is 4.98 Å². The molecule has 1 aliphatic carbocycles. The first-order chi connectivity index (χ1) is 16.7. The molecule has 2 aliphatic heterocycles. The number of rotatable bonds is 4. The Morgan fingerprint density at radius 2 is 1.97 bits per heavy atom. The largest absolute Gasteiger partial charge is 0.310 e. The van der Waals surface area contributed by atoms with E-state index in [1.807, 2.05) is 30.6 Å². The Labute approximate surface area is 197 Å². The third-order valence-corrected chi connectivity index (χ3v) is 7.23. The SMILES string of the molecule is Cc1cc2c(cc1-n1cnc(C3CC3)c1)C(=O)N(c1cccc(-c3nnc4n3CCC4)n1)CC2. The van der Waals surface area contributed by atoms with Gasteiger partial charge in [-0.2, -0.15) is 0 Å². The summed E-state index contributed by atoms with van der Waals surface area (Å²) in [6.45, 7) is 3.62. The molecule has 34 heavy (non-hydrogen) atoms. The molecule has 1 saturated carbocycles. The number of hydrogen-bond donors (Lipinski definition) is 0. The number of hydrogen-bond acceptors (Lipinski definition) is 5. The van der Waals surface area contributed by atoms with Gasteiger partial charge in [-0.1, -0.05) is 12.1 Å². The van der Waals surface area contributed by atoms with E-state index in [9.17, 15) is 4.79 Å². The third-order valence-electron chi connectivity index (χ3n) is 7.23. The summed E-state index contributed by atoms with van der Waals surface area (Å²) in [5.74, 6) is 3.03. The van der Waals surface area contributed by atoms with Crippen LogP contribution in [0, 0.1) is 6.92 Å². The number of nitrogens with zero attached hydrogens (tertiary/aromatic N) is 7. The molecule has 1 aromatic carbocycles. The number of imidazole rings is 1. The van der Waals surface area contributed by atoms with Gasteiger partial charge < -0.3 is 9.13 Å². The van der Waals surface area contributed by atoms with Crippen LogP contribution in [0.2, 0.25) is 0 Å². The average molecular weight is 452 g/mol. The number of aromatic nitrogens is 6. The number of aryl methyl sites for hydroxylation is 2. The van der Waals surface area contributed by atoms with Crippen molar-refractivity contribution in [1.82, 2.24) is 29.3 Å². The van der Waals surface area contributed by atoms with Crippen LogP contribution in [0.25, 0.3) is 17.2 Å². The van der Waals surface area contributed by atoms with Crippen molar-refractivity contribution in [2.75, 3.05) is 11.4 Å². The van der Waals surface area contributed by atoms with Crippen molar-refractivity contribution in [3.63, 3.8) is 0 Å². The minimum absolute atomic E-state index is 0.0128. The summed E-state index contributed by atoms with van der Waals surface area (Å²) in [7, 11) is 0. The number of fused-ring (bicyclic) bond motifs is 2. The summed E-state index contributed by atoms with van der Waals surface area (Å²) >= 11 is 0.